The number of fused-ring (bicyclic) bond motifs is 1. The average molecular weight is 350 g/mol. The van der Waals surface area contributed by atoms with Crippen LogP contribution in [0, 0.1) is 0 Å². The molecule has 0 saturated carbocycles. The molecular formula is C22H26N2O2. The van der Waals surface area contributed by atoms with Gasteiger partial charge in [0, 0.05) is 24.3 Å². The molecule has 0 spiro atoms. The maximum atomic E-state index is 12.9. The van der Waals surface area contributed by atoms with Gasteiger partial charge in [-0.15, -0.1) is 0 Å². The number of benzene rings is 2. The van der Waals surface area contributed by atoms with Gasteiger partial charge in [-0.1, -0.05) is 30.3 Å². The largest absolute Gasteiger partial charge is 0.339 e. The smallest absolute Gasteiger partial charge is 0.253 e. The predicted molar refractivity (Wildman–Crippen MR) is 104 cm³/mol. The Hall–Kier alpha value is -2.62. The van der Waals surface area contributed by atoms with Crippen molar-refractivity contribution in [3.8, 4) is 0 Å². The van der Waals surface area contributed by atoms with E-state index < -0.39 is 0 Å². The topological polar surface area (TPSA) is 49.4 Å². The molecule has 2 aromatic rings. The van der Waals surface area contributed by atoms with E-state index in [1.807, 2.05) is 38.1 Å². The fourth-order valence-corrected chi connectivity index (χ4v) is 3.68. The van der Waals surface area contributed by atoms with Gasteiger partial charge in [0.25, 0.3) is 5.91 Å². The van der Waals surface area contributed by atoms with Crippen LogP contribution >= 0.6 is 0 Å². The SMILES string of the molecule is CCN(CC)C(=O)c1cccc(NC(=O)C2CCCc3ccccc32)c1. The lowest BCUT2D eigenvalue weighted by Gasteiger charge is -2.25. The lowest BCUT2D eigenvalue weighted by molar-refractivity contribution is -0.117. The molecule has 0 bridgehead atoms. The Morgan fingerprint density at radius 2 is 1.85 bits per heavy atom. The molecule has 3 rings (SSSR count). The Kier molecular flexibility index (Phi) is 5.71. The molecule has 0 fully saturated rings. The normalized spacial score (nSPS) is 15.8. The van der Waals surface area contributed by atoms with Crippen molar-refractivity contribution in [3.05, 3.63) is 65.2 Å². The van der Waals surface area contributed by atoms with Gasteiger partial charge in [0.2, 0.25) is 5.91 Å². The van der Waals surface area contributed by atoms with Crippen LogP contribution in [0.4, 0.5) is 5.69 Å². The van der Waals surface area contributed by atoms with Crippen molar-refractivity contribution in [2.75, 3.05) is 18.4 Å². The summed E-state index contributed by atoms with van der Waals surface area (Å²) >= 11 is 0. The zero-order chi connectivity index (χ0) is 18.5. The molecule has 0 saturated heterocycles. The van der Waals surface area contributed by atoms with Crippen molar-refractivity contribution in [2.24, 2.45) is 0 Å². The summed E-state index contributed by atoms with van der Waals surface area (Å²) in [5.41, 5.74) is 3.68. The van der Waals surface area contributed by atoms with Crippen LogP contribution in [0.3, 0.4) is 0 Å². The fraction of sp³-hybridized carbons (Fsp3) is 0.364. The number of amides is 2. The molecule has 2 aromatic carbocycles. The van der Waals surface area contributed by atoms with Crippen molar-refractivity contribution >= 4 is 17.5 Å². The van der Waals surface area contributed by atoms with E-state index in [-0.39, 0.29) is 17.7 Å². The molecule has 0 aromatic heterocycles. The van der Waals surface area contributed by atoms with Gasteiger partial charge >= 0.3 is 0 Å². The minimum atomic E-state index is -0.123. The maximum absolute atomic E-state index is 12.9. The van der Waals surface area contributed by atoms with E-state index in [9.17, 15) is 9.59 Å². The van der Waals surface area contributed by atoms with Crippen LogP contribution in [-0.2, 0) is 11.2 Å². The van der Waals surface area contributed by atoms with Gasteiger partial charge in [-0.05, 0) is 62.4 Å². The first kappa shape index (κ1) is 18.2. The maximum Gasteiger partial charge on any atom is 0.253 e. The van der Waals surface area contributed by atoms with Gasteiger partial charge in [-0.25, -0.2) is 0 Å². The highest BCUT2D eigenvalue weighted by Gasteiger charge is 2.26. The third-order valence-corrected chi connectivity index (χ3v) is 5.11. The van der Waals surface area contributed by atoms with E-state index in [2.05, 4.69) is 17.4 Å². The molecule has 2 amide bonds. The lowest BCUT2D eigenvalue weighted by atomic mass is 9.82. The molecule has 1 atom stereocenters. The van der Waals surface area contributed by atoms with E-state index in [4.69, 9.17) is 0 Å². The second-order valence-electron chi connectivity index (χ2n) is 6.69. The summed E-state index contributed by atoms with van der Waals surface area (Å²) in [4.78, 5) is 27.2. The van der Waals surface area contributed by atoms with Crippen molar-refractivity contribution in [1.29, 1.82) is 0 Å². The second kappa shape index (κ2) is 8.17. The van der Waals surface area contributed by atoms with Crippen LogP contribution < -0.4 is 5.32 Å². The Labute approximate surface area is 155 Å². The van der Waals surface area contributed by atoms with Gasteiger partial charge in [-0.2, -0.15) is 0 Å². The van der Waals surface area contributed by atoms with Gasteiger partial charge in [-0.3, -0.25) is 9.59 Å². The van der Waals surface area contributed by atoms with E-state index in [0.717, 1.165) is 24.8 Å². The van der Waals surface area contributed by atoms with Crippen molar-refractivity contribution < 1.29 is 9.59 Å². The van der Waals surface area contributed by atoms with Gasteiger partial charge < -0.3 is 10.2 Å². The quantitative estimate of drug-likeness (QED) is 0.877. The molecule has 4 nitrogen and oxygen atoms in total. The summed E-state index contributed by atoms with van der Waals surface area (Å²) < 4.78 is 0. The number of carbonyl (C=O) groups excluding carboxylic acids is 2. The molecular weight excluding hydrogens is 324 g/mol. The number of anilines is 1. The lowest BCUT2D eigenvalue weighted by Crippen LogP contribution is -2.30. The van der Waals surface area contributed by atoms with Crippen LogP contribution in [0.5, 0.6) is 0 Å². The summed E-state index contributed by atoms with van der Waals surface area (Å²) in [7, 11) is 0. The van der Waals surface area contributed by atoms with Crippen LogP contribution in [0.25, 0.3) is 0 Å². The van der Waals surface area contributed by atoms with E-state index in [0.29, 0.717) is 24.3 Å². The molecule has 1 aliphatic rings. The number of rotatable bonds is 5. The number of nitrogens with one attached hydrogen (secondary N) is 1. The van der Waals surface area contributed by atoms with Crippen LogP contribution in [0.1, 0.15) is 54.1 Å². The standard InChI is InChI=1S/C22H26N2O2/c1-3-24(4-2)22(26)17-11-7-12-18(15-17)23-21(25)20-14-8-10-16-9-5-6-13-19(16)20/h5-7,9,11-13,15,20H,3-4,8,10,14H2,1-2H3,(H,23,25). The number of carbonyl (C=O) groups is 2. The Balaban J connectivity index is 1.77. The van der Waals surface area contributed by atoms with Crippen molar-refractivity contribution in [3.63, 3.8) is 0 Å². The van der Waals surface area contributed by atoms with Gasteiger partial charge in [0.15, 0.2) is 0 Å². The highest BCUT2D eigenvalue weighted by atomic mass is 16.2. The molecule has 1 unspecified atom stereocenters. The summed E-state index contributed by atoms with van der Waals surface area (Å²) in [5, 5.41) is 3.01. The van der Waals surface area contributed by atoms with E-state index in [1.165, 1.54) is 5.56 Å². The van der Waals surface area contributed by atoms with Gasteiger partial charge in [0.1, 0.15) is 0 Å². The van der Waals surface area contributed by atoms with Crippen LogP contribution in [0.15, 0.2) is 48.5 Å². The summed E-state index contributed by atoms with van der Waals surface area (Å²) in [6.45, 7) is 5.27. The minimum absolute atomic E-state index is 0.00425. The number of nitrogens with zero attached hydrogens (tertiary/aromatic N) is 1. The van der Waals surface area contributed by atoms with Crippen molar-refractivity contribution in [1.82, 2.24) is 4.90 Å². The molecule has 4 heteroatoms. The van der Waals surface area contributed by atoms with Crippen molar-refractivity contribution in [2.45, 2.75) is 39.0 Å². The number of hydrogen-bond acceptors (Lipinski definition) is 2. The highest BCUT2D eigenvalue weighted by Crippen LogP contribution is 2.32. The third kappa shape index (κ3) is 3.79. The van der Waals surface area contributed by atoms with Gasteiger partial charge in [0.05, 0.1) is 5.92 Å². The predicted octanol–water partition coefficient (Wildman–Crippen LogP) is 4.23. The Bertz CT molecular complexity index is 796. The molecule has 26 heavy (non-hydrogen) atoms. The average Bonchev–Trinajstić information content (AvgIpc) is 2.68. The summed E-state index contributed by atoms with van der Waals surface area (Å²) in [5.74, 6) is -0.124. The van der Waals surface area contributed by atoms with Crippen LogP contribution in [-0.4, -0.2) is 29.8 Å². The first-order valence-electron chi connectivity index (χ1n) is 9.42. The number of hydrogen-bond donors (Lipinski definition) is 1. The number of aryl methyl sites for hydroxylation is 1. The second-order valence-corrected chi connectivity index (χ2v) is 6.69. The summed E-state index contributed by atoms with van der Waals surface area (Å²) in [6, 6.07) is 15.4. The molecule has 0 radical (unpaired) electrons. The zero-order valence-electron chi connectivity index (χ0n) is 15.5. The zero-order valence-corrected chi connectivity index (χ0v) is 15.5. The Morgan fingerprint density at radius 3 is 2.62 bits per heavy atom. The van der Waals surface area contributed by atoms with Crippen LogP contribution in [0.2, 0.25) is 0 Å². The molecule has 1 aliphatic carbocycles. The molecule has 0 heterocycles. The third-order valence-electron chi connectivity index (χ3n) is 5.11. The first-order chi connectivity index (χ1) is 12.6. The summed E-state index contributed by atoms with van der Waals surface area (Å²) in [6.07, 6.45) is 2.92. The minimum Gasteiger partial charge on any atom is -0.339 e. The van der Waals surface area contributed by atoms with E-state index >= 15 is 0 Å². The fourth-order valence-electron chi connectivity index (χ4n) is 3.68. The monoisotopic (exact) mass is 350 g/mol. The van der Waals surface area contributed by atoms with E-state index in [1.54, 1.807) is 17.0 Å². The molecule has 136 valence electrons. The molecule has 1 N–H and O–H groups in total. The Morgan fingerprint density at radius 1 is 1.08 bits per heavy atom. The highest BCUT2D eigenvalue weighted by molar-refractivity contribution is 5.99. The first-order valence-corrected chi connectivity index (χ1v) is 9.42. The molecule has 0 aliphatic heterocycles.